The van der Waals surface area contributed by atoms with Gasteiger partial charge in [-0.15, -0.1) is 0 Å². The Morgan fingerprint density at radius 2 is 1.15 bits per heavy atom. The summed E-state index contributed by atoms with van der Waals surface area (Å²) in [6, 6.07) is 27.1. The Morgan fingerprint density at radius 1 is 0.577 bits per heavy atom. The van der Waals surface area contributed by atoms with Gasteiger partial charge in [0.05, 0.1) is 5.56 Å². The van der Waals surface area contributed by atoms with Crippen LogP contribution < -0.4 is 0 Å². The van der Waals surface area contributed by atoms with Crippen LogP contribution >= 0.6 is 0 Å². The molecular formula is C23H15F3. The van der Waals surface area contributed by atoms with Crippen LogP contribution in [0.2, 0.25) is 0 Å². The van der Waals surface area contributed by atoms with E-state index in [9.17, 15) is 13.2 Å². The highest BCUT2D eigenvalue weighted by Gasteiger charge is 2.30. The van der Waals surface area contributed by atoms with Crippen molar-refractivity contribution in [2.24, 2.45) is 0 Å². The highest BCUT2D eigenvalue weighted by Crippen LogP contribution is 2.40. The lowest BCUT2D eigenvalue weighted by molar-refractivity contribution is -0.137. The molecule has 0 aliphatic rings. The van der Waals surface area contributed by atoms with Crippen LogP contribution in [0.3, 0.4) is 0 Å². The average Bonchev–Trinajstić information content (AvgIpc) is 2.67. The Kier molecular flexibility index (Phi) is 4.00. The Hall–Kier alpha value is -3.07. The maximum atomic E-state index is 13.3. The van der Waals surface area contributed by atoms with Crippen molar-refractivity contribution in [3.8, 4) is 22.3 Å². The van der Waals surface area contributed by atoms with Gasteiger partial charge in [0.2, 0.25) is 0 Å². The molecule has 0 heterocycles. The van der Waals surface area contributed by atoms with E-state index < -0.39 is 11.7 Å². The summed E-state index contributed by atoms with van der Waals surface area (Å²) in [6.45, 7) is 0. The molecule has 0 spiro atoms. The third kappa shape index (κ3) is 2.97. The second-order valence-electron chi connectivity index (χ2n) is 6.15. The Bertz CT molecular complexity index is 1050. The van der Waals surface area contributed by atoms with Crippen molar-refractivity contribution < 1.29 is 13.2 Å². The van der Waals surface area contributed by atoms with Crippen molar-refractivity contribution in [1.82, 2.24) is 0 Å². The first kappa shape index (κ1) is 16.4. The predicted octanol–water partition coefficient (Wildman–Crippen LogP) is 7.19. The molecule has 3 heteroatoms. The van der Waals surface area contributed by atoms with E-state index >= 15 is 0 Å². The molecule has 4 aromatic rings. The molecule has 0 atom stereocenters. The number of benzene rings is 4. The van der Waals surface area contributed by atoms with Crippen LogP contribution in [0, 0.1) is 0 Å². The minimum absolute atomic E-state index is 0.604. The topological polar surface area (TPSA) is 0 Å². The summed E-state index contributed by atoms with van der Waals surface area (Å²) in [5.41, 5.74) is 2.98. The van der Waals surface area contributed by atoms with Crippen molar-refractivity contribution in [2.75, 3.05) is 0 Å². The van der Waals surface area contributed by atoms with Crippen molar-refractivity contribution in [3.63, 3.8) is 0 Å². The second kappa shape index (κ2) is 6.34. The van der Waals surface area contributed by atoms with Gasteiger partial charge < -0.3 is 0 Å². The van der Waals surface area contributed by atoms with E-state index in [1.807, 2.05) is 72.8 Å². The smallest absolute Gasteiger partial charge is 0.166 e. The second-order valence-corrected chi connectivity index (χ2v) is 6.15. The molecule has 0 fully saturated rings. The number of halogens is 3. The summed E-state index contributed by atoms with van der Waals surface area (Å²) in [5, 5.41) is 1.39. The molecule has 0 nitrogen and oxygen atoms in total. The van der Waals surface area contributed by atoms with Gasteiger partial charge in [0, 0.05) is 0 Å². The maximum Gasteiger partial charge on any atom is 0.416 e. The molecule has 26 heavy (non-hydrogen) atoms. The van der Waals surface area contributed by atoms with E-state index in [4.69, 9.17) is 0 Å². The number of hydrogen-bond acceptors (Lipinski definition) is 0. The number of hydrogen-bond donors (Lipinski definition) is 0. The Morgan fingerprint density at radius 3 is 1.77 bits per heavy atom. The molecule has 0 unspecified atom stereocenters. The highest BCUT2D eigenvalue weighted by molar-refractivity contribution is 6.04. The molecule has 0 saturated carbocycles. The third-order valence-electron chi connectivity index (χ3n) is 4.50. The number of fused-ring (bicyclic) bond motifs is 1. The van der Waals surface area contributed by atoms with Crippen molar-refractivity contribution in [2.45, 2.75) is 6.18 Å². The summed E-state index contributed by atoms with van der Waals surface area (Å²) < 4.78 is 39.8. The molecule has 0 aromatic heterocycles. The minimum atomic E-state index is -4.37. The molecule has 0 bridgehead atoms. The van der Waals surface area contributed by atoms with Crippen LogP contribution in [0.15, 0.2) is 91.0 Å². The van der Waals surface area contributed by atoms with Gasteiger partial charge in [-0.2, -0.15) is 13.2 Å². The molecule has 0 amide bonds. The van der Waals surface area contributed by atoms with Crippen LogP contribution in [0.5, 0.6) is 0 Å². The van der Waals surface area contributed by atoms with Gasteiger partial charge in [-0.25, -0.2) is 0 Å². The summed E-state index contributed by atoms with van der Waals surface area (Å²) in [6.07, 6.45) is -4.37. The zero-order valence-electron chi connectivity index (χ0n) is 13.8. The quantitative estimate of drug-likeness (QED) is 0.359. The van der Waals surface area contributed by atoms with Crippen molar-refractivity contribution in [3.05, 3.63) is 96.6 Å². The zero-order valence-corrected chi connectivity index (χ0v) is 13.8. The zero-order chi connectivity index (χ0) is 18.1. The van der Waals surface area contributed by atoms with Gasteiger partial charge >= 0.3 is 6.18 Å². The number of rotatable bonds is 2. The predicted molar refractivity (Wildman–Crippen MR) is 99.8 cm³/mol. The molecule has 0 aliphatic heterocycles. The van der Waals surface area contributed by atoms with Crippen LogP contribution in [-0.2, 0) is 6.18 Å². The van der Waals surface area contributed by atoms with Gasteiger partial charge in [0.25, 0.3) is 0 Å². The molecule has 0 saturated heterocycles. The molecule has 4 aromatic carbocycles. The van der Waals surface area contributed by atoms with Crippen molar-refractivity contribution >= 4 is 10.8 Å². The summed E-state index contributed by atoms with van der Waals surface area (Å²) in [5.74, 6) is 0. The Balaban J connectivity index is 2.09. The molecule has 0 radical (unpaired) electrons. The van der Waals surface area contributed by atoms with Gasteiger partial charge in [-0.05, 0) is 45.2 Å². The van der Waals surface area contributed by atoms with E-state index in [1.165, 1.54) is 6.07 Å². The first-order valence-corrected chi connectivity index (χ1v) is 8.29. The molecule has 0 N–H and O–H groups in total. The van der Waals surface area contributed by atoms with E-state index in [2.05, 4.69) is 0 Å². The SMILES string of the molecule is FC(F)(F)c1ccc2ccc(-c3ccccc3)c(-c3ccccc3)c2c1. The highest BCUT2D eigenvalue weighted by atomic mass is 19.4. The molecule has 4 rings (SSSR count). The lowest BCUT2D eigenvalue weighted by atomic mass is 9.89. The molecular weight excluding hydrogens is 333 g/mol. The van der Waals surface area contributed by atoms with Crippen LogP contribution in [0.1, 0.15) is 5.56 Å². The normalized spacial score (nSPS) is 11.7. The summed E-state index contributed by atoms with van der Waals surface area (Å²) >= 11 is 0. The number of alkyl halides is 3. The average molecular weight is 348 g/mol. The fourth-order valence-electron chi connectivity index (χ4n) is 3.27. The van der Waals surface area contributed by atoms with E-state index in [-0.39, 0.29) is 0 Å². The van der Waals surface area contributed by atoms with Gasteiger partial charge in [-0.1, -0.05) is 78.9 Å². The lowest BCUT2D eigenvalue weighted by Crippen LogP contribution is -2.04. The summed E-state index contributed by atoms with van der Waals surface area (Å²) in [4.78, 5) is 0. The van der Waals surface area contributed by atoms with Crippen LogP contribution in [0.25, 0.3) is 33.0 Å². The largest absolute Gasteiger partial charge is 0.416 e. The van der Waals surface area contributed by atoms with Crippen molar-refractivity contribution in [1.29, 1.82) is 0 Å². The molecule has 0 aliphatic carbocycles. The monoisotopic (exact) mass is 348 g/mol. The Labute approximate surface area is 149 Å². The maximum absolute atomic E-state index is 13.3. The standard InChI is InChI=1S/C23H15F3/c24-23(25,26)19-13-11-17-12-14-20(16-7-3-1-4-8-16)22(21(17)15-19)18-9-5-2-6-10-18/h1-15H. The third-order valence-corrected chi connectivity index (χ3v) is 4.50. The first-order chi connectivity index (χ1) is 12.5. The van der Waals surface area contributed by atoms with E-state index in [1.54, 1.807) is 6.07 Å². The van der Waals surface area contributed by atoms with Crippen LogP contribution in [-0.4, -0.2) is 0 Å². The van der Waals surface area contributed by atoms with Gasteiger partial charge in [0.1, 0.15) is 0 Å². The van der Waals surface area contributed by atoms with Gasteiger partial charge in [-0.3, -0.25) is 0 Å². The van der Waals surface area contributed by atoms with E-state index in [0.717, 1.165) is 33.7 Å². The minimum Gasteiger partial charge on any atom is -0.166 e. The fraction of sp³-hybridized carbons (Fsp3) is 0.0435. The van der Waals surface area contributed by atoms with Crippen LogP contribution in [0.4, 0.5) is 13.2 Å². The van der Waals surface area contributed by atoms with E-state index in [0.29, 0.717) is 5.39 Å². The lowest BCUT2D eigenvalue weighted by Gasteiger charge is -2.16. The first-order valence-electron chi connectivity index (χ1n) is 8.29. The molecule has 128 valence electrons. The summed E-state index contributed by atoms with van der Waals surface area (Å²) in [7, 11) is 0. The van der Waals surface area contributed by atoms with Gasteiger partial charge in [0.15, 0.2) is 0 Å². The fourth-order valence-corrected chi connectivity index (χ4v) is 3.27.